The third-order valence-electron chi connectivity index (χ3n) is 1.90. The summed E-state index contributed by atoms with van der Waals surface area (Å²) in [5.74, 6) is -0.124. The highest BCUT2D eigenvalue weighted by molar-refractivity contribution is 6.08. The molecule has 1 aromatic heterocycles. The molecule has 4 nitrogen and oxygen atoms in total. The van der Waals surface area contributed by atoms with Crippen LogP contribution in [-0.2, 0) is 6.32 Å². The van der Waals surface area contributed by atoms with Gasteiger partial charge in [-0.2, -0.15) is 0 Å². The smallest absolute Gasteiger partial charge is 0.296 e. The first-order chi connectivity index (χ1) is 6.79. The number of hydrogen-bond acceptors (Lipinski definition) is 3. The van der Waals surface area contributed by atoms with Gasteiger partial charge in [-0.1, -0.05) is 41.3 Å². The first kappa shape index (κ1) is 8.81. The van der Waals surface area contributed by atoms with E-state index in [0.29, 0.717) is 12.1 Å². The Morgan fingerprint density at radius 2 is 2.07 bits per heavy atom. The molecule has 0 aliphatic rings. The molecule has 0 fully saturated rings. The molecule has 2 radical (unpaired) electrons. The van der Waals surface area contributed by atoms with Crippen LogP contribution in [0.25, 0.3) is 11.4 Å². The van der Waals surface area contributed by atoms with E-state index in [1.807, 2.05) is 24.3 Å². The molecular weight excluding hydrogens is 179 g/mol. The molecule has 0 aliphatic carbocycles. The largest absolute Gasteiger partial charge is 0.439 e. The first-order valence-electron chi connectivity index (χ1n) is 4.15. The second kappa shape index (κ2) is 3.53. The molecular formula is C9H7BN2O2. The summed E-state index contributed by atoms with van der Waals surface area (Å²) in [5.41, 5.74) is 1.83. The lowest BCUT2D eigenvalue weighted by molar-refractivity contribution is 0.388. The van der Waals surface area contributed by atoms with Gasteiger partial charge in [-0.05, 0) is 0 Å². The molecule has 0 saturated heterocycles. The summed E-state index contributed by atoms with van der Waals surface area (Å²) in [6.07, 6.45) is 0.496. The molecule has 0 atom stereocenters. The van der Waals surface area contributed by atoms with Crippen molar-refractivity contribution in [2.45, 2.75) is 6.32 Å². The van der Waals surface area contributed by atoms with Gasteiger partial charge in [0.15, 0.2) is 5.82 Å². The van der Waals surface area contributed by atoms with Crippen LogP contribution in [0.5, 0.6) is 0 Å². The van der Waals surface area contributed by atoms with Crippen LogP contribution in [0.15, 0.2) is 33.6 Å². The number of aromatic nitrogens is 2. The molecule has 2 rings (SSSR count). The SMILES string of the molecule is [B]Cc1ccc(-c2noc(=O)[nH]2)cc1. The lowest BCUT2D eigenvalue weighted by atomic mass is 9.96. The number of hydrogen-bond donors (Lipinski definition) is 1. The number of aromatic amines is 1. The second-order valence-electron chi connectivity index (χ2n) is 2.84. The van der Waals surface area contributed by atoms with Crippen LogP contribution in [0.1, 0.15) is 5.56 Å². The third kappa shape index (κ3) is 1.61. The van der Waals surface area contributed by atoms with Gasteiger partial charge < -0.3 is 0 Å². The van der Waals surface area contributed by atoms with Gasteiger partial charge >= 0.3 is 5.76 Å². The number of nitrogens with zero attached hydrogens (tertiary/aromatic N) is 1. The zero-order chi connectivity index (χ0) is 9.97. The third-order valence-corrected chi connectivity index (χ3v) is 1.90. The average molecular weight is 186 g/mol. The van der Waals surface area contributed by atoms with Crippen molar-refractivity contribution in [1.82, 2.24) is 10.1 Å². The Bertz CT molecular complexity index is 472. The Morgan fingerprint density at radius 3 is 2.57 bits per heavy atom. The Balaban J connectivity index is 2.38. The zero-order valence-corrected chi connectivity index (χ0v) is 7.36. The molecule has 0 amide bonds. The molecule has 1 heterocycles. The highest BCUT2D eigenvalue weighted by Gasteiger charge is 2.02. The maximum absolute atomic E-state index is 10.7. The Labute approximate surface area is 81.4 Å². The molecule has 14 heavy (non-hydrogen) atoms. The predicted octanol–water partition coefficient (Wildman–Crippen LogP) is 0.698. The summed E-state index contributed by atoms with van der Waals surface area (Å²) in [6, 6.07) is 7.41. The number of benzene rings is 1. The van der Waals surface area contributed by atoms with Gasteiger partial charge in [0, 0.05) is 5.56 Å². The summed E-state index contributed by atoms with van der Waals surface area (Å²) in [4.78, 5) is 13.1. The molecule has 68 valence electrons. The monoisotopic (exact) mass is 186 g/mol. The van der Waals surface area contributed by atoms with E-state index in [2.05, 4.69) is 14.7 Å². The fourth-order valence-electron chi connectivity index (χ4n) is 1.15. The molecule has 5 heteroatoms. The van der Waals surface area contributed by atoms with Gasteiger partial charge in [0.1, 0.15) is 0 Å². The summed E-state index contributed by atoms with van der Waals surface area (Å²) in [6.45, 7) is 0. The van der Waals surface area contributed by atoms with E-state index in [-0.39, 0.29) is 0 Å². The van der Waals surface area contributed by atoms with Gasteiger partial charge in [0.2, 0.25) is 0 Å². The molecule has 0 saturated carbocycles. The van der Waals surface area contributed by atoms with Crippen molar-refractivity contribution in [3.05, 3.63) is 40.4 Å². The van der Waals surface area contributed by atoms with Gasteiger partial charge in [-0.15, -0.1) is 0 Å². The molecule has 0 aliphatic heterocycles. The highest BCUT2D eigenvalue weighted by atomic mass is 16.5. The zero-order valence-electron chi connectivity index (χ0n) is 7.36. The van der Waals surface area contributed by atoms with E-state index < -0.39 is 5.76 Å². The Morgan fingerprint density at radius 1 is 1.36 bits per heavy atom. The molecule has 0 unspecified atom stereocenters. The fraction of sp³-hybridized carbons (Fsp3) is 0.111. The van der Waals surface area contributed by atoms with E-state index in [1.54, 1.807) is 0 Å². The molecule has 1 N–H and O–H groups in total. The number of rotatable bonds is 2. The van der Waals surface area contributed by atoms with E-state index >= 15 is 0 Å². The molecule has 1 aromatic carbocycles. The van der Waals surface area contributed by atoms with Crippen LogP contribution in [0.2, 0.25) is 0 Å². The van der Waals surface area contributed by atoms with Crippen molar-refractivity contribution >= 4 is 7.85 Å². The average Bonchev–Trinajstić information content (AvgIpc) is 2.65. The van der Waals surface area contributed by atoms with Gasteiger partial charge in [-0.3, -0.25) is 9.51 Å². The summed E-state index contributed by atoms with van der Waals surface area (Å²) < 4.78 is 4.39. The molecule has 0 spiro atoms. The minimum absolute atomic E-state index is 0.429. The minimum Gasteiger partial charge on any atom is -0.296 e. The molecule has 0 bridgehead atoms. The van der Waals surface area contributed by atoms with Crippen molar-refractivity contribution < 1.29 is 4.52 Å². The van der Waals surface area contributed by atoms with Crippen molar-refractivity contribution in [1.29, 1.82) is 0 Å². The summed E-state index contributed by atoms with van der Waals surface area (Å²) >= 11 is 0. The predicted molar refractivity (Wildman–Crippen MR) is 52.0 cm³/mol. The van der Waals surface area contributed by atoms with E-state index in [4.69, 9.17) is 7.85 Å². The summed E-state index contributed by atoms with van der Waals surface area (Å²) in [7, 11) is 5.45. The number of nitrogens with one attached hydrogen (secondary N) is 1. The van der Waals surface area contributed by atoms with Gasteiger partial charge in [-0.25, -0.2) is 4.79 Å². The second-order valence-corrected chi connectivity index (χ2v) is 2.84. The maximum Gasteiger partial charge on any atom is 0.439 e. The van der Waals surface area contributed by atoms with Gasteiger partial charge in [0.25, 0.3) is 0 Å². The quantitative estimate of drug-likeness (QED) is 0.702. The summed E-state index contributed by atoms with van der Waals surface area (Å²) in [5, 5.41) is 3.57. The van der Waals surface area contributed by atoms with Gasteiger partial charge in [0.05, 0.1) is 7.85 Å². The van der Waals surface area contributed by atoms with Crippen molar-refractivity contribution in [2.75, 3.05) is 0 Å². The minimum atomic E-state index is -0.553. The van der Waals surface area contributed by atoms with Crippen LogP contribution >= 0.6 is 0 Å². The fourth-order valence-corrected chi connectivity index (χ4v) is 1.15. The van der Waals surface area contributed by atoms with Crippen molar-refractivity contribution in [3.8, 4) is 11.4 Å². The Hall–Kier alpha value is -1.78. The van der Waals surface area contributed by atoms with Crippen LogP contribution in [0, 0.1) is 0 Å². The van der Waals surface area contributed by atoms with E-state index in [0.717, 1.165) is 11.1 Å². The van der Waals surface area contributed by atoms with Crippen LogP contribution in [-0.4, -0.2) is 18.0 Å². The van der Waals surface area contributed by atoms with Crippen LogP contribution in [0.3, 0.4) is 0 Å². The maximum atomic E-state index is 10.7. The number of H-pyrrole nitrogens is 1. The highest BCUT2D eigenvalue weighted by Crippen LogP contribution is 2.13. The topological polar surface area (TPSA) is 58.9 Å². The molecule has 2 aromatic rings. The van der Waals surface area contributed by atoms with Crippen molar-refractivity contribution in [3.63, 3.8) is 0 Å². The standard InChI is InChI=1S/C9H7BN2O2/c10-5-6-1-3-7(4-2-6)8-11-9(13)14-12-8/h1-4H,5H2,(H,11,12,13). The normalized spacial score (nSPS) is 10.3. The lowest BCUT2D eigenvalue weighted by Crippen LogP contribution is -1.94. The first-order valence-corrected chi connectivity index (χ1v) is 4.15. The van der Waals surface area contributed by atoms with Crippen LogP contribution < -0.4 is 5.76 Å². The van der Waals surface area contributed by atoms with E-state index in [9.17, 15) is 4.79 Å². The van der Waals surface area contributed by atoms with Crippen LogP contribution in [0.4, 0.5) is 0 Å². The van der Waals surface area contributed by atoms with E-state index in [1.165, 1.54) is 0 Å². The van der Waals surface area contributed by atoms with Crippen molar-refractivity contribution in [2.24, 2.45) is 0 Å². The lowest BCUT2D eigenvalue weighted by Gasteiger charge is -1.97. The Kier molecular flexibility index (Phi) is 2.22.